The average Bonchev–Trinajstić information content (AvgIpc) is 2.96. The van der Waals surface area contributed by atoms with Gasteiger partial charge in [0.1, 0.15) is 5.75 Å². The highest BCUT2D eigenvalue weighted by Gasteiger charge is 2.26. The molecule has 0 saturated heterocycles. The SMILES string of the molecule is COc1ccc(N)c(NC(=O)C2CCc3cn[nH]c3C2)c1. The second-order valence-corrected chi connectivity index (χ2v) is 5.26. The molecule has 110 valence electrons. The zero-order valence-electron chi connectivity index (χ0n) is 11.8. The van der Waals surface area contributed by atoms with E-state index in [1.807, 2.05) is 6.20 Å². The van der Waals surface area contributed by atoms with Crippen LogP contribution in [0.2, 0.25) is 0 Å². The summed E-state index contributed by atoms with van der Waals surface area (Å²) < 4.78 is 5.15. The van der Waals surface area contributed by atoms with Crippen LogP contribution in [0.1, 0.15) is 17.7 Å². The van der Waals surface area contributed by atoms with Crippen molar-refractivity contribution in [3.63, 3.8) is 0 Å². The highest BCUT2D eigenvalue weighted by molar-refractivity contribution is 5.95. The van der Waals surface area contributed by atoms with E-state index in [9.17, 15) is 4.79 Å². The minimum absolute atomic E-state index is 0.0183. The molecule has 1 aliphatic rings. The van der Waals surface area contributed by atoms with Gasteiger partial charge in [0, 0.05) is 24.1 Å². The Kier molecular flexibility index (Phi) is 3.51. The summed E-state index contributed by atoms with van der Waals surface area (Å²) in [4.78, 5) is 12.4. The van der Waals surface area contributed by atoms with Crippen LogP contribution in [-0.4, -0.2) is 23.2 Å². The van der Waals surface area contributed by atoms with Crippen molar-refractivity contribution in [2.75, 3.05) is 18.2 Å². The van der Waals surface area contributed by atoms with Crippen LogP contribution in [0, 0.1) is 5.92 Å². The fourth-order valence-corrected chi connectivity index (χ4v) is 2.64. The van der Waals surface area contributed by atoms with Gasteiger partial charge in [0.05, 0.1) is 24.7 Å². The molecule has 1 aromatic heterocycles. The predicted molar refractivity (Wildman–Crippen MR) is 80.1 cm³/mol. The van der Waals surface area contributed by atoms with E-state index in [2.05, 4.69) is 15.5 Å². The summed E-state index contributed by atoms with van der Waals surface area (Å²) in [5.74, 6) is 0.581. The molecule has 0 aliphatic heterocycles. The van der Waals surface area contributed by atoms with Gasteiger partial charge < -0.3 is 15.8 Å². The number of nitrogens with one attached hydrogen (secondary N) is 2. The van der Waals surface area contributed by atoms with Crippen molar-refractivity contribution in [3.05, 3.63) is 35.7 Å². The number of hydrogen-bond acceptors (Lipinski definition) is 4. The van der Waals surface area contributed by atoms with Crippen molar-refractivity contribution in [1.82, 2.24) is 10.2 Å². The lowest BCUT2D eigenvalue weighted by Gasteiger charge is -2.21. The lowest BCUT2D eigenvalue weighted by atomic mass is 9.87. The van der Waals surface area contributed by atoms with E-state index in [0.717, 1.165) is 18.5 Å². The van der Waals surface area contributed by atoms with Gasteiger partial charge in [0.15, 0.2) is 0 Å². The van der Waals surface area contributed by atoms with Gasteiger partial charge in [-0.3, -0.25) is 9.89 Å². The Hall–Kier alpha value is -2.50. The first-order valence-electron chi connectivity index (χ1n) is 6.93. The standard InChI is InChI=1S/C15H18N4O2/c1-21-11-4-5-12(16)14(7-11)18-15(20)9-2-3-10-8-17-19-13(10)6-9/h4-5,7-9H,2-3,6,16H2,1H3,(H,17,19)(H,18,20). The quantitative estimate of drug-likeness (QED) is 0.749. The number of nitrogen functional groups attached to an aromatic ring is 1. The van der Waals surface area contributed by atoms with Crippen LogP contribution in [-0.2, 0) is 17.6 Å². The first-order chi connectivity index (χ1) is 10.2. The topological polar surface area (TPSA) is 93.0 Å². The molecule has 6 nitrogen and oxygen atoms in total. The number of hydrogen-bond donors (Lipinski definition) is 3. The maximum Gasteiger partial charge on any atom is 0.227 e. The molecule has 1 atom stereocenters. The summed E-state index contributed by atoms with van der Waals surface area (Å²) in [5.41, 5.74) is 9.28. The second-order valence-electron chi connectivity index (χ2n) is 5.26. The maximum atomic E-state index is 12.4. The smallest absolute Gasteiger partial charge is 0.227 e. The van der Waals surface area contributed by atoms with Crippen molar-refractivity contribution in [2.45, 2.75) is 19.3 Å². The van der Waals surface area contributed by atoms with Crippen LogP contribution in [0.25, 0.3) is 0 Å². The summed E-state index contributed by atoms with van der Waals surface area (Å²) in [7, 11) is 1.58. The first kappa shape index (κ1) is 13.5. The number of anilines is 2. The third-order valence-corrected chi connectivity index (χ3v) is 3.91. The third kappa shape index (κ3) is 2.69. The molecule has 4 N–H and O–H groups in total. The van der Waals surface area contributed by atoms with E-state index in [0.29, 0.717) is 23.5 Å². The van der Waals surface area contributed by atoms with Gasteiger partial charge in [-0.2, -0.15) is 5.10 Å². The van der Waals surface area contributed by atoms with Crippen molar-refractivity contribution in [2.24, 2.45) is 5.92 Å². The molecule has 1 amide bonds. The van der Waals surface area contributed by atoms with Crippen molar-refractivity contribution in [1.29, 1.82) is 0 Å². The predicted octanol–water partition coefficient (Wildman–Crippen LogP) is 1.74. The zero-order valence-corrected chi connectivity index (χ0v) is 11.8. The fraction of sp³-hybridized carbons (Fsp3) is 0.333. The Morgan fingerprint density at radius 3 is 3.19 bits per heavy atom. The van der Waals surface area contributed by atoms with Crippen LogP contribution >= 0.6 is 0 Å². The van der Waals surface area contributed by atoms with Gasteiger partial charge in [-0.25, -0.2) is 0 Å². The maximum absolute atomic E-state index is 12.4. The number of benzene rings is 1. The summed E-state index contributed by atoms with van der Waals surface area (Å²) in [6.07, 6.45) is 4.22. The van der Waals surface area contributed by atoms with Crippen LogP contribution in [0.5, 0.6) is 5.75 Å². The first-order valence-corrected chi connectivity index (χ1v) is 6.93. The average molecular weight is 286 g/mol. The molecule has 1 heterocycles. The molecule has 3 rings (SSSR count). The molecule has 21 heavy (non-hydrogen) atoms. The van der Waals surface area contributed by atoms with Gasteiger partial charge in [-0.1, -0.05) is 0 Å². The largest absolute Gasteiger partial charge is 0.497 e. The molecule has 6 heteroatoms. The molecule has 1 aromatic carbocycles. The van der Waals surface area contributed by atoms with Gasteiger partial charge >= 0.3 is 0 Å². The van der Waals surface area contributed by atoms with E-state index < -0.39 is 0 Å². The minimum Gasteiger partial charge on any atom is -0.497 e. The highest BCUT2D eigenvalue weighted by Crippen LogP contribution is 2.28. The Balaban J connectivity index is 1.72. The van der Waals surface area contributed by atoms with E-state index in [-0.39, 0.29) is 11.8 Å². The molecule has 0 fully saturated rings. The number of rotatable bonds is 3. The summed E-state index contributed by atoms with van der Waals surface area (Å²) in [5, 5.41) is 9.89. The zero-order chi connectivity index (χ0) is 14.8. The number of nitrogens with zero attached hydrogens (tertiary/aromatic N) is 1. The Morgan fingerprint density at radius 2 is 2.38 bits per heavy atom. The van der Waals surface area contributed by atoms with E-state index >= 15 is 0 Å². The number of fused-ring (bicyclic) bond motifs is 1. The Labute approximate surface area is 122 Å². The van der Waals surface area contributed by atoms with Crippen molar-refractivity contribution >= 4 is 17.3 Å². The number of amides is 1. The van der Waals surface area contributed by atoms with Crippen LogP contribution < -0.4 is 15.8 Å². The normalized spacial score (nSPS) is 17.1. The number of aromatic amines is 1. The third-order valence-electron chi connectivity index (χ3n) is 3.91. The van der Waals surface area contributed by atoms with Crippen LogP contribution in [0.3, 0.4) is 0 Å². The molecule has 2 aromatic rings. The second kappa shape index (κ2) is 5.47. The molecular weight excluding hydrogens is 268 g/mol. The Bertz CT molecular complexity index is 665. The molecular formula is C15H18N4O2. The number of carbonyl (C=O) groups excluding carboxylic acids is 1. The highest BCUT2D eigenvalue weighted by atomic mass is 16.5. The number of H-pyrrole nitrogens is 1. The molecule has 0 bridgehead atoms. The summed E-state index contributed by atoms with van der Waals surface area (Å²) in [6, 6.07) is 5.22. The number of methoxy groups -OCH3 is 1. The summed E-state index contributed by atoms with van der Waals surface area (Å²) in [6.45, 7) is 0. The number of nitrogens with two attached hydrogens (primary N) is 1. The molecule has 1 aliphatic carbocycles. The Morgan fingerprint density at radius 1 is 1.52 bits per heavy atom. The monoisotopic (exact) mass is 286 g/mol. The summed E-state index contributed by atoms with van der Waals surface area (Å²) >= 11 is 0. The van der Waals surface area contributed by atoms with Crippen LogP contribution in [0.4, 0.5) is 11.4 Å². The lowest BCUT2D eigenvalue weighted by Crippen LogP contribution is -2.28. The molecule has 0 saturated carbocycles. The molecule has 0 spiro atoms. The van der Waals surface area contributed by atoms with Gasteiger partial charge in [-0.15, -0.1) is 0 Å². The number of aryl methyl sites for hydroxylation is 1. The number of ether oxygens (including phenoxy) is 1. The van der Waals surface area contributed by atoms with Crippen molar-refractivity contribution in [3.8, 4) is 5.75 Å². The van der Waals surface area contributed by atoms with E-state index in [4.69, 9.17) is 10.5 Å². The van der Waals surface area contributed by atoms with Gasteiger partial charge in [0.25, 0.3) is 0 Å². The molecule has 0 radical (unpaired) electrons. The number of aromatic nitrogens is 2. The van der Waals surface area contributed by atoms with E-state index in [1.165, 1.54) is 5.56 Å². The lowest BCUT2D eigenvalue weighted by molar-refractivity contribution is -0.120. The minimum atomic E-state index is -0.0662. The van der Waals surface area contributed by atoms with Crippen molar-refractivity contribution < 1.29 is 9.53 Å². The molecule has 1 unspecified atom stereocenters. The fourth-order valence-electron chi connectivity index (χ4n) is 2.64. The van der Waals surface area contributed by atoms with Gasteiger partial charge in [-0.05, 0) is 30.5 Å². The van der Waals surface area contributed by atoms with Gasteiger partial charge in [0.2, 0.25) is 5.91 Å². The number of carbonyl (C=O) groups is 1. The van der Waals surface area contributed by atoms with E-state index in [1.54, 1.807) is 25.3 Å². The van der Waals surface area contributed by atoms with Crippen LogP contribution in [0.15, 0.2) is 24.4 Å².